The number of hydrogen-bond donors (Lipinski definition) is 0. The summed E-state index contributed by atoms with van der Waals surface area (Å²) in [5, 5.41) is 18.2. The van der Waals surface area contributed by atoms with Gasteiger partial charge >= 0.3 is 17.1 Å². The molecule has 0 aliphatic carbocycles. The third-order valence-corrected chi connectivity index (χ3v) is 2.97. The third-order valence-electron chi connectivity index (χ3n) is 2.97. The fourth-order valence-corrected chi connectivity index (χ4v) is 2.27. The summed E-state index contributed by atoms with van der Waals surface area (Å²) in [5.74, 6) is 0. The molecule has 5 heteroatoms. The van der Waals surface area contributed by atoms with Crippen molar-refractivity contribution in [3.63, 3.8) is 0 Å². The van der Waals surface area contributed by atoms with Gasteiger partial charge in [-0.2, -0.15) is 0 Å². The summed E-state index contributed by atoms with van der Waals surface area (Å²) in [6, 6.07) is 1.63. The molecule has 0 bridgehead atoms. The standard InChI is InChI=1S/2C10H22N2.Fe/c2*1-6-7-10(11-8(2)3)12-9(4)5;/h2*8-10H,6-7H2,1-5H3;/q2*-2;+4. The SMILES string of the molecule is CCCC([N-]C(C)C)[N-]C(C)C.CCCC([N-]C(C)C)[N-]C(C)C.[Fe+4]. The maximum atomic E-state index is 4.54. The second-order valence-corrected chi connectivity index (χ2v) is 7.51. The summed E-state index contributed by atoms with van der Waals surface area (Å²) < 4.78 is 0. The Hall–Kier alpha value is 0.359. The van der Waals surface area contributed by atoms with Crippen molar-refractivity contribution in [2.45, 2.75) is 131 Å². The molecular weight excluding hydrogens is 352 g/mol. The predicted octanol–water partition coefficient (Wildman–Crippen LogP) is 7.35. The Morgan fingerprint density at radius 3 is 0.800 bits per heavy atom. The molecule has 4 nitrogen and oxygen atoms in total. The summed E-state index contributed by atoms with van der Waals surface area (Å²) >= 11 is 0. The quantitative estimate of drug-likeness (QED) is 0.310. The summed E-state index contributed by atoms with van der Waals surface area (Å²) in [7, 11) is 0. The van der Waals surface area contributed by atoms with Gasteiger partial charge in [0.2, 0.25) is 0 Å². The van der Waals surface area contributed by atoms with Gasteiger partial charge in [-0.1, -0.05) is 94.9 Å². The molecule has 0 aliphatic rings. The van der Waals surface area contributed by atoms with E-state index in [0.29, 0.717) is 24.2 Å². The Labute approximate surface area is 169 Å². The van der Waals surface area contributed by atoms with Crippen LogP contribution in [0.2, 0.25) is 0 Å². The van der Waals surface area contributed by atoms with Crippen LogP contribution in [0.4, 0.5) is 0 Å². The molecule has 0 aromatic carbocycles. The molecule has 0 heterocycles. The number of rotatable bonds is 12. The van der Waals surface area contributed by atoms with E-state index in [-0.39, 0.29) is 29.4 Å². The van der Waals surface area contributed by atoms with Gasteiger partial charge in [0.1, 0.15) is 0 Å². The van der Waals surface area contributed by atoms with Gasteiger partial charge in [-0.3, -0.25) is 0 Å². The Balaban J connectivity index is -0.000000372. The summed E-state index contributed by atoms with van der Waals surface area (Å²) in [6.07, 6.45) is 4.98. The first-order chi connectivity index (χ1) is 11.1. The average molecular weight is 396 g/mol. The van der Waals surface area contributed by atoms with Crippen LogP contribution in [0.1, 0.15) is 94.9 Å². The molecule has 0 atom stereocenters. The van der Waals surface area contributed by atoms with Crippen LogP contribution >= 0.6 is 0 Å². The van der Waals surface area contributed by atoms with E-state index in [1.807, 2.05) is 0 Å². The maximum absolute atomic E-state index is 4.54. The molecule has 0 fully saturated rings. The number of nitrogens with zero attached hydrogens (tertiary/aromatic N) is 4. The minimum atomic E-state index is 0. The largest absolute Gasteiger partial charge is 4.00 e. The predicted molar refractivity (Wildman–Crippen MR) is 111 cm³/mol. The van der Waals surface area contributed by atoms with E-state index in [2.05, 4.69) is 90.5 Å². The Bertz CT molecular complexity index is 212. The first-order valence-electron chi connectivity index (χ1n) is 9.92. The monoisotopic (exact) mass is 396 g/mol. The molecule has 0 rings (SSSR count). The van der Waals surface area contributed by atoms with Crippen molar-refractivity contribution in [3.8, 4) is 0 Å². The van der Waals surface area contributed by atoms with E-state index in [9.17, 15) is 0 Å². The van der Waals surface area contributed by atoms with Gasteiger partial charge in [0.05, 0.1) is 0 Å². The third kappa shape index (κ3) is 24.4. The van der Waals surface area contributed by atoms with Crippen LogP contribution < -0.4 is 0 Å². The average Bonchev–Trinajstić information content (AvgIpc) is 2.36. The van der Waals surface area contributed by atoms with E-state index >= 15 is 0 Å². The molecule has 152 valence electrons. The molecule has 0 unspecified atom stereocenters. The second kappa shape index (κ2) is 19.1. The summed E-state index contributed by atoms with van der Waals surface area (Å²) in [6.45, 7) is 21.2. The van der Waals surface area contributed by atoms with Crippen molar-refractivity contribution in [1.29, 1.82) is 0 Å². The van der Waals surface area contributed by atoms with Gasteiger partial charge in [-0.25, -0.2) is 12.3 Å². The van der Waals surface area contributed by atoms with Crippen LogP contribution in [0.3, 0.4) is 0 Å². The maximum Gasteiger partial charge on any atom is 4.00 e. The van der Waals surface area contributed by atoms with E-state index in [4.69, 9.17) is 0 Å². The molecule has 0 saturated carbocycles. The van der Waals surface area contributed by atoms with Crippen LogP contribution in [0.15, 0.2) is 0 Å². The van der Waals surface area contributed by atoms with E-state index in [1.165, 1.54) is 0 Å². The first kappa shape index (κ1) is 30.1. The molecule has 0 aromatic heterocycles. The van der Waals surface area contributed by atoms with Crippen molar-refractivity contribution in [2.75, 3.05) is 0 Å². The zero-order chi connectivity index (χ0) is 19.1. The summed E-state index contributed by atoms with van der Waals surface area (Å²) in [4.78, 5) is 0. The first-order valence-corrected chi connectivity index (χ1v) is 9.92. The topological polar surface area (TPSA) is 56.4 Å². The van der Waals surface area contributed by atoms with E-state index in [0.717, 1.165) is 25.7 Å². The molecule has 0 aliphatic heterocycles. The molecule has 0 amide bonds. The molecule has 0 aromatic rings. The zero-order valence-corrected chi connectivity index (χ0v) is 19.5. The van der Waals surface area contributed by atoms with E-state index < -0.39 is 0 Å². The fraction of sp³-hybridized carbons (Fsp3) is 1.00. The summed E-state index contributed by atoms with van der Waals surface area (Å²) in [5.41, 5.74) is 0. The van der Waals surface area contributed by atoms with Gasteiger partial charge in [-0.15, -0.1) is 24.2 Å². The van der Waals surface area contributed by atoms with E-state index in [1.54, 1.807) is 0 Å². The van der Waals surface area contributed by atoms with Crippen molar-refractivity contribution in [1.82, 2.24) is 0 Å². The van der Waals surface area contributed by atoms with Crippen molar-refractivity contribution < 1.29 is 17.1 Å². The van der Waals surface area contributed by atoms with Crippen molar-refractivity contribution in [3.05, 3.63) is 21.3 Å². The molecule has 0 saturated heterocycles. The molecule has 0 radical (unpaired) electrons. The second-order valence-electron chi connectivity index (χ2n) is 7.51. The van der Waals surface area contributed by atoms with Gasteiger partial charge in [-0.05, 0) is 0 Å². The minimum Gasteiger partial charge on any atom is -0.676 e. The smallest absolute Gasteiger partial charge is 0.676 e. The van der Waals surface area contributed by atoms with Crippen molar-refractivity contribution >= 4 is 0 Å². The van der Waals surface area contributed by atoms with Crippen LogP contribution in [-0.4, -0.2) is 36.5 Å². The molecule has 0 spiro atoms. The Morgan fingerprint density at radius 2 is 0.680 bits per heavy atom. The van der Waals surface area contributed by atoms with Crippen LogP contribution in [0.5, 0.6) is 0 Å². The molecular formula is C20H44FeN4. The normalized spacial score (nSPS) is 11.5. The van der Waals surface area contributed by atoms with Crippen LogP contribution in [-0.2, 0) is 17.1 Å². The minimum absolute atomic E-state index is 0. The molecule has 0 N–H and O–H groups in total. The Morgan fingerprint density at radius 1 is 0.480 bits per heavy atom. The fourth-order valence-electron chi connectivity index (χ4n) is 2.27. The number of hydrogen-bond acceptors (Lipinski definition) is 0. The van der Waals surface area contributed by atoms with Crippen LogP contribution in [0, 0.1) is 0 Å². The van der Waals surface area contributed by atoms with Gasteiger partial charge < -0.3 is 21.3 Å². The molecule has 25 heavy (non-hydrogen) atoms. The van der Waals surface area contributed by atoms with Gasteiger partial charge in [0, 0.05) is 0 Å². The van der Waals surface area contributed by atoms with Crippen LogP contribution in [0.25, 0.3) is 21.3 Å². The Kier molecular flexibility index (Phi) is 23.0. The van der Waals surface area contributed by atoms with Crippen molar-refractivity contribution in [2.24, 2.45) is 0 Å². The zero-order valence-electron chi connectivity index (χ0n) is 18.4. The van der Waals surface area contributed by atoms with Gasteiger partial charge in [0.25, 0.3) is 0 Å². The van der Waals surface area contributed by atoms with Gasteiger partial charge in [0.15, 0.2) is 0 Å².